The molecule has 0 spiro atoms. The molecule has 0 aliphatic rings. The van der Waals surface area contributed by atoms with E-state index in [0.29, 0.717) is 10.8 Å². The Kier molecular flexibility index (Phi) is 3.66. The van der Waals surface area contributed by atoms with Crippen LogP contribution in [0.15, 0.2) is 23.6 Å². The fraction of sp³-hybridized carbons (Fsp3) is 0.250. The predicted molar refractivity (Wildman–Crippen MR) is 70.9 cm³/mol. The Balaban J connectivity index is 2.31. The van der Waals surface area contributed by atoms with Crippen molar-refractivity contribution in [1.82, 2.24) is 4.98 Å². The maximum absolute atomic E-state index is 6.14. The molecule has 1 atom stereocenters. The summed E-state index contributed by atoms with van der Waals surface area (Å²) in [5.41, 5.74) is 8.06. The lowest BCUT2D eigenvalue weighted by molar-refractivity contribution is 0.415. The lowest BCUT2D eigenvalue weighted by Gasteiger charge is -2.11. The fourth-order valence-corrected chi connectivity index (χ4v) is 2.62. The van der Waals surface area contributed by atoms with Crippen LogP contribution in [0.3, 0.4) is 0 Å². The highest BCUT2D eigenvalue weighted by Crippen LogP contribution is 2.30. The molecule has 0 aliphatic carbocycles. The molecule has 3 nitrogen and oxygen atoms in total. The summed E-state index contributed by atoms with van der Waals surface area (Å²) in [7, 11) is 1.59. The Hall–Kier alpha value is -1.10. The van der Waals surface area contributed by atoms with Crippen molar-refractivity contribution >= 4 is 22.9 Å². The van der Waals surface area contributed by atoms with Gasteiger partial charge in [-0.1, -0.05) is 17.7 Å². The first-order valence-corrected chi connectivity index (χ1v) is 6.38. The molecule has 2 aromatic rings. The lowest BCUT2D eigenvalue weighted by Crippen LogP contribution is -2.11. The first kappa shape index (κ1) is 12.4. The predicted octanol–water partition coefficient (Wildman–Crippen LogP) is 3.16. The van der Waals surface area contributed by atoms with Gasteiger partial charge in [0.05, 0.1) is 18.2 Å². The van der Waals surface area contributed by atoms with E-state index in [-0.39, 0.29) is 6.04 Å². The highest BCUT2D eigenvalue weighted by molar-refractivity contribution is 7.09. The van der Waals surface area contributed by atoms with Crippen LogP contribution < -0.4 is 10.5 Å². The summed E-state index contributed by atoms with van der Waals surface area (Å²) in [4.78, 5) is 4.38. The van der Waals surface area contributed by atoms with E-state index < -0.39 is 0 Å². The summed E-state index contributed by atoms with van der Waals surface area (Å²) in [6.45, 7) is 1.95. The average Bonchev–Trinajstić information content (AvgIpc) is 2.75. The third-order valence-corrected chi connectivity index (χ3v) is 3.78. The molecule has 90 valence electrons. The van der Waals surface area contributed by atoms with E-state index in [0.717, 1.165) is 16.3 Å². The fourth-order valence-electron chi connectivity index (χ4n) is 1.53. The number of hydrogen-bond acceptors (Lipinski definition) is 4. The number of halogens is 1. The molecule has 1 heterocycles. The quantitative estimate of drug-likeness (QED) is 0.930. The van der Waals surface area contributed by atoms with Crippen molar-refractivity contribution in [1.29, 1.82) is 0 Å². The molecule has 0 amide bonds. The molecular weight excluding hydrogens is 256 g/mol. The number of ether oxygens (including phenoxy) is 1. The van der Waals surface area contributed by atoms with E-state index in [9.17, 15) is 0 Å². The number of aryl methyl sites for hydroxylation is 1. The van der Waals surface area contributed by atoms with Crippen molar-refractivity contribution in [3.8, 4) is 5.75 Å². The van der Waals surface area contributed by atoms with E-state index in [1.807, 2.05) is 30.5 Å². The molecule has 0 radical (unpaired) electrons. The van der Waals surface area contributed by atoms with Gasteiger partial charge in [-0.15, -0.1) is 11.3 Å². The van der Waals surface area contributed by atoms with Crippen LogP contribution in [0.1, 0.15) is 22.3 Å². The van der Waals surface area contributed by atoms with E-state index in [2.05, 4.69) is 4.98 Å². The minimum absolute atomic E-state index is 0.239. The van der Waals surface area contributed by atoms with Gasteiger partial charge >= 0.3 is 0 Å². The highest BCUT2D eigenvalue weighted by atomic mass is 35.5. The van der Waals surface area contributed by atoms with Gasteiger partial charge in [-0.05, 0) is 24.6 Å². The van der Waals surface area contributed by atoms with Crippen LogP contribution >= 0.6 is 22.9 Å². The third kappa shape index (κ3) is 2.60. The van der Waals surface area contributed by atoms with Crippen LogP contribution in [-0.4, -0.2) is 12.1 Å². The van der Waals surface area contributed by atoms with Crippen molar-refractivity contribution in [2.45, 2.75) is 13.0 Å². The average molecular weight is 269 g/mol. The van der Waals surface area contributed by atoms with Crippen LogP contribution in [-0.2, 0) is 0 Å². The molecule has 0 saturated heterocycles. The largest absolute Gasteiger partial charge is 0.495 e. The number of methoxy groups -OCH3 is 1. The van der Waals surface area contributed by atoms with E-state index in [4.69, 9.17) is 22.1 Å². The summed E-state index contributed by atoms with van der Waals surface area (Å²) in [5.74, 6) is 0.651. The molecule has 2 rings (SSSR count). The second kappa shape index (κ2) is 5.04. The molecule has 0 saturated carbocycles. The Bertz CT molecular complexity index is 527. The zero-order valence-electron chi connectivity index (χ0n) is 9.61. The van der Waals surface area contributed by atoms with E-state index in [1.165, 1.54) is 0 Å². The van der Waals surface area contributed by atoms with Crippen LogP contribution in [0.5, 0.6) is 5.75 Å². The number of aromatic nitrogens is 1. The van der Waals surface area contributed by atoms with Gasteiger partial charge < -0.3 is 10.5 Å². The molecule has 2 N–H and O–H groups in total. The Morgan fingerprint density at radius 2 is 2.24 bits per heavy atom. The standard InChI is InChI=1S/C12H13ClN2OS/c1-7-6-17-12(15-7)11(14)8-3-4-10(16-2)9(13)5-8/h3-6,11H,14H2,1-2H3. The highest BCUT2D eigenvalue weighted by Gasteiger charge is 2.14. The SMILES string of the molecule is COc1ccc(C(N)c2nc(C)cs2)cc1Cl. The number of thiazole rings is 1. The molecule has 17 heavy (non-hydrogen) atoms. The Labute approximate surface area is 109 Å². The van der Waals surface area contributed by atoms with Crippen LogP contribution in [0.2, 0.25) is 5.02 Å². The van der Waals surface area contributed by atoms with Gasteiger partial charge in [-0.3, -0.25) is 0 Å². The Morgan fingerprint density at radius 3 is 2.76 bits per heavy atom. The lowest BCUT2D eigenvalue weighted by atomic mass is 10.1. The Morgan fingerprint density at radius 1 is 1.47 bits per heavy atom. The van der Waals surface area contributed by atoms with Gasteiger partial charge in [-0.25, -0.2) is 4.98 Å². The molecule has 0 aliphatic heterocycles. The first-order valence-electron chi connectivity index (χ1n) is 5.13. The molecule has 0 bridgehead atoms. The topological polar surface area (TPSA) is 48.1 Å². The van der Waals surface area contributed by atoms with Crippen molar-refractivity contribution in [2.24, 2.45) is 5.73 Å². The van der Waals surface area contributed by atoms with Gasteiger partial charge in [0.25, 0.3) is 0 Å². The summed E-state index contributed by atoms with van der Waals surface area (Å²) in [6.07, 6.45) is 0. The second-order valence-electron chi connectivity index (χ2n) is 3.70. The smallest absolute Gasteiger partial charge is 0.137 e. The van der Waals surface area contributed by atoms with Gasteiger partial charge in [0, 0.05) is 11.1 Å². The van der Waals surface area contributed by atoms with Gasteiger partial charge in [-0.2, -0.15) is 0 Å². The summed E-state index contributed by atoms with van der Waals surface area (Å²) < 4.78 is 5.10. The monoisotopic (exact) mass is 268 g/mol. The number of hydrogen-bond donors (Lipinski definition) is 1. The number of benzene rings is 1. The zero-order chi connectivity index (χ0) is 12.4. The maximum atomic E-state index is 6.14. The summed E-state index contributed by atoms with van der Waals surface area (Å²) >= 11 is 7.63. The van der Waals surface area contributed by atoms with Crippen LogP contribution in [0.4, 0.5) is 0 Å². The van der Waals surface area contributed by atoms with Crippen LogP contribution in [0, 0.1) is 6.92 Å². The molecule has 1 aromatic carbocycles. The van der Waals surface area contributed by atoms with Crippen molar-refractivity contribution in [3.63, 3.8) is 0 Å². The summed E-state index contributed by atoms with van der Waals surface area (Å²) in [5, 5.41) is 3.44. The minimum Gasteiger partial charge on any atom is -0.495 e. The van der Waals surface area contributed by atoms with Gasteiger partial charge in [0.1, 0.15) is 10.8 Å². The number of nitrogens with two attached hydrogens (primary N) is 1. The first-order chi connectivity index (χ1) is 8.11. The van der Waals surface area contributed by atoms with E-state index >= 15 is 0 Å². The third-order valence-electron chi connectivity index (χ3n) is 2.44. The molecular formula is C12H13ClN2OS. The van der Waals surface area contributed by atoms with Gasteiger partial charge in [0.15, 0.2) is 0 Å². The maximum Gasteiger partial charge on any atom is 0.137 e. The number of rotatable bonds is 3. The molecule has 0 fully saturated rings. The van der Waals surface area contributed by atoms with Crippen molar-refractivity contribution in [3.05, 3.63) is 44.9 Å². The zero-order valence-corrected chi connectivity index (χ0v) is 11.2. The van der Waals surface area contributed by atoms with Gasteiger partial charge in [0.2, 0.25) is 0 Å². The molecule has 5 heteroatoms. The van der Waals surface area contributed by atoms with Crippen LogP contribution in [0.25, 0.3) is 0 Å². The molecule has 1 unspecified atom stereocenters. The molecule has 1 aromatic heterocycles. The normalized spacial score (nSPS) is 12.5. The van der Waals surface area contributed by atoms with E-state index in [1.54, 1.807) is 18.4 Å². The van der Waals surface area contributed by atoms with Crippen molar-refractivity contribution < 1.29 is 4.74 Å². The summed E-state index contributed by atoms with van der Waals surface area (Å²) in [6, 6.07) is 5.31. The van der Waals surface area contributed by atoms with Crippen molar-refractivity contribution in [2.75, 3.05) is 7.11 Å². The number of nitrogens with zero attached hydrogens (tertiary/aromatic N) is 1. The second-order valence-corrected chi connectivity index (χ2v) is 5.00. The minimum atomic E-state index is -0.239.